The molecule has 0 aliphatic carbocycles. The van der Waals surface area contributed by atoms with Crippen molar-refractivity contribution in [1.29, 1.82) is 0 Å². The number of aliphatic hydroxyl groups is 1. The smallest absolute Gasteiger partial charge is 0.0434 e. The fourth-order valence-corrected chi connectivity index (χ4v) is 2.60. The Bertz CT molecular complexity index is 206. The zero-order valence-electron chi connectivity index (χ0n) is 11.9. The van der Waals surface area contributed by atoms with Crippen LogP contribution in [0.4, 0.5) is 0 Å². The van der Waals surface area contributed by atoms with E-state index in [2.05, 4.69) is 37.9 Å². The Morgan fingerprint density at radius 3 is 2.47 bits per heavy atom. The number of aliphatic hydroxyl groups excluding tert-OH is 1. The fourth-order valence-electron chi connectivity index (χ4n) is 2.60. The van der Waals surface area contributed by atoms with Crippen LogP contribution in [0.15, 0.2) is 0 Å². The van der Waals surface area contributed by atoms with Gasteiger partial charge in [-0.25, -0.2) is 0 Å². The highest BCUT2D eigenvalue weighted by Crippen LogP contribution is 2.21. The highest BCUT2D eigenvalue weighted by atomic mass is 16.3. The van der Waals surface area contributed by atoms with Crippen LogP contribution in [0, 0.1) is 11.8 Å². The molecule has 3 nitrogen and oxygen atoms in total. The number of nitrogens with one attached hydrogen (secondary N) is 1. The third-order valence-corrected chi connectivity index (χ3v) is 3.65. The molecule has 102 valence electrons. The minimum absolute atomic E-state index is 0.327. The van der Waals surface area contributed by atoms with Crippen molar-refractivity contribution < 1.29 is 5.11 Å². The van der Waals surface area contributed by atoms with E-state index in [1.807, 2.05) is 0 Å². The van der Waals surface area contributed by atoms with Crippen LogP contribution < -0.4 is 5.32 Å². The first-order valence-corrected chi connectivity index (χ1v) is 7.11. The maximum absolute atomic E-state index is 9.11. The van der Waals surface area contributed by atoms with E-state index in [-0.39, 0.29) is 0 Å². The summed E-state index contributed by atoms with van der Waals surface area (Å²) in [5, 5.41) is 12.8. The van der Waals surface area contributed by atoms with E-state index in [0.717, 1.165) is 26.1 Å². The third-order valence-electron chi connectivity index (χ3n) is 3.65. The highest BCUT2D eigenvalue weighted by molar-refractivity contribution is 4.85. The molecule has 0 bridgehead atoms. The zero-order valence-corrected chi connectivity index (χ0v) is 11.9. The Kier molecular flexibility index (Phi) is 6.45. The van der Waals surface area contributed by atoms with E-state index in [1.54, 1.807) is 0 Å². The second-order valence-electron chi connectivity index (χ2n) is 6.16. The maximum Gasteiger partial charge on any atom is 0.0434 e. The van der Waals surface area contributed by atoms with Gasteiger partial charge in [-0.2, -0.15) is 0 Å². The summed E-state index contributed by atoms with van der Waals surface area (Å²) in [5.74, 6) is 1.36. The van der Waals surface area contributed by atoms with Crippen molar-refractivity contribution in [3.05, 3.63) is 0 Å². The summed E-state index contributed by atoms with van der Waals surface area (Å²) in [5.41, 5.74) is 0. The van der Waals surface area contributed by atoms with Crippen molar-refractivity contribution in [3.63, 3.8) is 0 Å². The molecule has 17 heavy (non-hydrogen) atoms. The first kappa shape index (κ1) is 14.9. The lowest BCUT2D eigenvalue weighted by Gasteiger charge is -2.40. The molecule has 2 atom stereocenters. The van der Waals surface area contributed by atoms with E-state index < -0.39 is 0 Å². The molecular formula is C14H30N2O. The molecule has 1 heterocycles. The van der Waals surface area contributed by atoms with Crippen molar-refractivity contribution in [1.82, 2.24) is 10.2 Å². The van der Waals surface area contributed by atoms with Gasteiger partial charge < -0.3 is 10.4 Å². The fraction of sp³-hybridized carbons (Fsp3) is 1.00. The van der Waals surface area contributed by atoms with Crippen LogP contribution in [0.5, 0.6) is 0 Å². The molecule has 3 heteroatoms. The van der Waals surface area contributed by atoms with Gasteiger partial charge in [0, 0.05) is 31.8 Å². The molecule has 2 N–H and O–H groups in total. The molecule has 0 aromatic carbocycles. The monoisotopic (exact) mass is 242 g/mol. The Hall–Kier alpha value is -0.120. The summed E-state index contributed by atoms with van der Waals surface area (Å²) in [7, 11) is 0. The molecule has 1 fully saturated rings. The van der Waals surface area contributed by atoms with Gasteiger partial charge in [0.2, 0.25) is 0 Å². The van der Waals surface area contributed by atoms with Crippen LogP contribution in [-0.4, -0.2) is 48.3 Å². The summed E-state index contributed by atoms with van der Waals surface area (Å²) >= 11 is 0. The molecule has 0 radical (unpaired) electrons. The summed E-state index contributed by atoms with van der Waals surface area (Å²) in [4.78, 5) is 2.54. The number of hydrogen-bond donors (Lipinski definition) is 2. The molecule has 2 unspecified atom stereocenters. The number of nitrogens with zero attached hydrogens (tertiary/aromatic N) is 1. The number of rotatable bonds is 6. The van der Waals surface area contributed by atoms with Gasteiger partial charge in [0.1, 0.15) is 0 Å². The number of piperidine rings is 1. The van der Waals surface area contributed by atoms with E-state index in [9.17, 15) is 0 Å². The third kappa shape index (κ3) is 5.36. The van der Waals surface area contributed by atoms with Gasteiger partial charge in [-0.15, -0.1) is 0 Å². The first-order chi connectivity index (χ1) is 8.02. The quantitative estimate of drug-likeness (QED) is 0.744. The Balaban J connectivity index is 2.46. The Morgan fingerprint density at radius 1 is 1.24 bits per heavy atom. The lowest BCUT2D eigenvalue weighted by atomic mass is 9.90. The van der Waals surface area contributed by atoms with Crippen LogP contribution >= 0.6 is 0 Å². The minimum Gasteiger partial charge on any atom is -0.396 e. The lowest BCUT2D eigenvalue weighted by molar-refractivity contribution is 0.0956. The van der Waals surface area contributed by atoms with E-state index in [1.165, 1.54) is 6.42 Å². The lowest BCUT2D eigenvalue weighted by Crippen LogP contribution is -2.52. The van der Waals surface area contributed by atoms with Crippen molar-refractivity contribution in [2.75, 3.05) is 26.2 Å². The van der Waals surface area contributed by atoms with Gasteiger partial charge in [-0.05, 0) is 45.1 Å². The Morgan fingerprint density at radius 2 is 1.94 bits per heavy atom. The molecule has 1 saturated heterocycles. The van der Waals surface area contributed by atoms with Crippen LogP contribution in [0.2, 0.25) is 0 Å². The molecule has 1 aliphatic heterocycles. The van der Waals surface area contributed by atoms with Gasteiger partial charge in [0.15, 0.2) is 0 Å². The van der Waals surface area contributed by atoms with E-state index in [4.69, 9.17) is 5.11 Å². The predicted octanol–water partition coefficient (Wildman–Crippen LogP) is 1.71. The zero-order chi connectivity index (χ0) is 12.8. The van der Waals surface area contributed by atoms with Crippen LogP contribution in [-0.2, 0) is 0 Å². The van der Waals surface area contributed by atoms with E-state index in [0.29, 0.717) is 30.5 Å². The second-order valence-corrected chi connectivity index (χ2v) is 6.16. The number of hydrogen-bond acceptors (Lipinski definition) is 3. The van der Waals surface area contributed by atoms with Gasteiger partial charge in [-0.3, -0.25) is 4.90 Å². The predicted molar refractivity (Wildman–Crippen MR) is 73.1 cm³/mol. The van der Waals surface area contributed by atoms with Crippen molar-refractivity contribution >= 4 is 0 Å². The molecule has 0 spiro atoms. The molecule has 0 saturated carbocycles. The van der Waals surface area contributed by atoms with Crippen LogP contribution in [0.3, 0.4) is 0 Å². The average molecular weight is 242 g/mol. The van der Waals surface area contributed by atoms with Crippen molar-refractivity contribution in [3.8, 4) is 0 Å². The molecular weight excluding hydrogens is 212 g/mol. The standard InChI is InChI=1S/C14H30N2O/c1-11(2)8-15-14-7-13(5-6-17)9-16(10-14)12(3)4/h11-15,17H,5-10H2,1-4H3. The van der Waals surface area contributed by atoms with Crippen molar-refractivity contribution in [2.24, 2.45) is 11.8 Å². The summed E-state index contributed by atoms with van der Waals surface area (Å²) in [6, 6.07) is 1.21. The molecule has 1 rings (SSSR count). The van der Waals surface area contributed by atoms with Gasteiger partial charge in [0.25, 0.3) is 0 Å². The molecule has 0 amide bonds. The van der Waals surface area contributed by atoms with E-state index >= 15 is 0 Å². The summed E-state index contributed by atoms with van der Waals surface area (Å²) < 4.78 is 0. The summed E-state index contributed by atoms with van der Waals surface area (Å²) in [6.07, 6.45) is 2.17. The maximum atomic E-state index is 9.11. The SMILES string of the molecule is CC(C)CNC1CC(CCO)CN(C(C)C)C1. The largest absolute Gasteiger partial charge is 0.396 e. The van der Waals surface area contributed by atoms with Gasteiger partial charge >= 0.3 is 0 Å². The first-order valence-electron chi connectivity index (χ1n) is 7.11. The second kappa shape index (κ2) is 7.34. The normalized spacial score (nSPS) is 27.0. The Labute approximate surface area is 107 Å². The summed E-state index contributed by atoms with van der Waals surface area (Å²) in [6.45, 7) is 12.8. The van der Waals surface area contributed by atoms with Gasteiger partial charge in [0.05, 0.1) is 0 Å². The average Bonchev–Trinajstić information content (AvgIpc) is 2.26. The van der Waals surface area contributed by atoms with Crippen LogP contribution in [0.1, 0.15) is 40.5 Å². The van der Waals surface area contributed by atoms with Crippen LogP contribution in [0.25, 0.3) is 0 Å². The molecule has 0 aromatic rings. The van der Waals surface area contributed by atoms with Crippen molar-refractivity contribution in [2.45, 2.75) is 52.6 Å². The number of likely N-dealkylation sites (tertiary alicyclic amines) is 1. The molecule has 1 aliphatic rings. The van der Waals surface area contributed by atoms with Gasteiger partial charge in [-0.1, -0.05) is 13.8 Å². The molecule has 0 aromatic heterocycles. The minimum atomic E-state index is 0.327. The topological polar surface area (TPSA) is 35.5 Å². The highest BCUT2D eigenvalue weighted by Gasteiger charge is 2.27.